The van der Waals surface area contributed by atoms with Gasteiger partial charge in [0.1, 0.15) is 0 Å². The SMILES string of the molecule is COCc1cc(CN(C)C(=O)CCc2csc(N)n2)[nH]n1. The monoisotopic (exact) mass is 309 g/mol. The van der Waals surface area contributed by atoms with Gasteiger partial charge in [-0.05, 0) is 12.5 Å². The fourth-order valence-electron chi connectivity index (χ4n) is 1.92. The lowest BCUT2D eigenvalue weighted by atomic mass is 10.2. The Morgan fingerprint density at radius 3 is 3.00 bits per heavy atom. The van der Waals surface area contributed by atoms with Gasteiger partial charge in [-0.15, -0.1) is 11.3 Å². The Morgan fingerprint density at radius 2 is 2.33 bits per heavy atom. The van der Waals surface area contributed by atoms with Gasteiger partial charge in [0.2, 0.25) is 5.91 Å². The third-order valence-corrected chi connectivity index (χ3v) is 3.70. The van der Waals surface area contributed by atoms with Crippen molar-refractivity contribution in [2.45, 2.75) is 26.0 Å². The summed E-state index contributed by atoms with van der Waals surface area (Å²) in [7, 11) is 3.39. The molecular formula is C13H19N5O2S. The van der Waals surface area contributed by atoms with Crippen LogP contribution < -0.4 is 5.73 Å². The minimum Gasteiger partial charge on any atom is -0.378 e. The predicted octanol–water partition coefficient (Wildman–Crippen LogP) is 1.19. The van der Waals surface area contributed by atoms with Gasteiger partial charge in [0.05, 0.1) is 30.2 Å². The number of ether oxygens (including phenoxy) is 1. The van der Waals surface area contributed by atoms with Crippen LogP contribution in [-0.4, -0.2) is 40.1 Å². The van der Waals surface area contributed by atoms with Crippen LogP contribution in [0.4, 0.5) is 5.13 Å². The molecule has 0 radical (unpaired) electrons. The third-order valence-electron chi connectivity index (χ3n) is 2.97. The first kappa shape index (κ1) is 15.5. The molecule has 0 atom stereocenters. The number of anilines is 1. The number of nitrogens with two attached hydrogens (primary N) is 1. The van der Waals surface area contributed by atoms with Crippen LogP contribution in [0.25, 0.3) is 0 Å². The summed E-state index contributed by atoms with van der Waals surface area (Å²) in [5.41, 5.74) is 8.14. The first-order valence-corrected chi connectivity index (χ1v) is 7.42. The lowest BCUT2D eigenvalue weighted by Gasteiger charge is -2.15. The van der Waals surface area contributed by atoms with Crippen molar-refractivity contribution in [2.24, 2.45) is 0 Å². The number of nitrogens with one attached hydrogen (secondary N) is 1. The summed E-state index contributed by atoms with van der Waals surface area (Å²) in [6, 6.07) is 1.90. The standard InChI is InChI=1S/C13H19N5O2S/c1-18(6-10-5-11(7-20-2)17-16-10)12(19)4-3-9-8-21-13(14)15-9/h5,8H,3-4,6-7H2,1-2H3,(H2,14,15)(H,16,17). The van der Waals surface area contributed by atoms with Gasteiger partial charge in [0.25, 0.3) is 0 Å². The van der Waals surface area contributed by atoms with E-state index in [-0.39, 0.29) is 5.91 Å². The molecule has 0 saturated carbocycles. The number of aryl methyl sites for hydroxylation is 1. The van der Waals surface area contributed by atoms with E-state index in [0.29, 0.717) is 31.1 Å². The molecule has 2 aromatic rings. The molecule has 0 aliphatic heterocycles. The van der Waals surface area contributed by atoms with E-state index in [0.717, 1.165) is 17.1 Å². The number of nitrogen functional groups attached to an aromatic ring is 1. The second-order valence-electron chi connectivity index (χ2n) is 4.74. The molecular weight excluding hydrogens is 290 g/mol. The van der Waals surface area contributed by atoms with Gasteiger partial charge in [-0.25, -0.2) is 4.98 Å². The highest BCUT2D eigenvalue weighted by atomic mass is 32.1. The van der Waals surface area contributed by atoms with E-state index in [2.05, 4.69) is 15.2 Å². The maximum Gasteiger partial charge on any atom is 0.223 e. The molecule has 0 saturated heterocycles. The van der Waals surface area contributed by atoms with Crippen molar-refractivity contribution in [2.75, 3.05) is 19.9 Å². The van der Waals surface area contributed by atoms with Crippen LogP contribution in [0.1, 0.15) is 23.5 Å². The molecule has 1 amide bonds. The Hall–Kier alpha value is -1.93. The molecule has 114 valence electrons. The number of rotatable bonds is 7. The zero-order chi connectivity index (χ0) is 15.2. The molecule has 0 unspecified atom stereocenters. The lowest BCUT2D eigenvalue weighted by Crippen LogP contribution is -2.26. The minimum atomic E-state index is 0.0597. The molecule has 0 aliphatic rings. The summed E-state index contributed by atoms with van der Waals surface area (Å²) in [6.45, 7) is 0.953. The van der Waals surface area contributed by atoms with Gasteiger partial charge in [-0.2, -0.15) is 5.10 Å². The van der Waals surface area contributed by atoms with Crippen LogP contribution in [0.5, 0.6) is 0 Å². The van der Waals surface area contributed by atoms with Crippen LogP contribution in [0, 0.1) is 0 Å². The number of hydrogen-bond donors (Lipinski definition) is 2. The molecule has 8 heteroatoms. The summed E-state index contributed by atoms with van der Waals surface area (Å²) in [6.07, 6.45) is 1.02. The first-order chi connectivity index (χ1) is 10.1. The molecule has 0 aliphatic carbocycles. The van der Waals surface area contributed by atoms with Crippen molar-refractivity contribution in [3.63, 3.8) is 0 Å². The van der Waals surface area contributed by atoms with E-state index < -0.39 is 0 Å². The van der Waals surface area contributed by atoms with Gasteiger partial charge in [-0.3, -0.25) is 9.89 Å². The zero-order valence-electron chi connectivity index (χ0n) is 12.1. The highest BCUT2D eigenvalue weighted by Crippen LogP contribution is 2.13. The Balaban J connectivity index is 1.81. The molecule has 2 aromatic heterocycles. The van der Waals surface area contributed by atoms with Crippen molar-refractivity contribution in [3.8, 4) is 0 Å². The average molecular weight is 309 g/mol. The first-order valence-electron chi connectivity index (χ1n) is 6.54. The van der Waals surface area contributed by atoms with Crippen molar-refractivity contribution in [3.05, 3.63) is 28.5 Å². The van der Waals surface area contributed by atoms with E-state index in [9.17, 15) is 4.79 Å². The fraction of sp³-hybridized carbons (Fsp3) is 0.462. The summed E-state index contributed by atoms with van der Waals surface area (Å²) < 4.78 is 5.00. The molecule has 0 bridgehead atoms. The number of hydrogen-bond acceptors (Lipinski definition) is 6. The lowest BCUT2D eigenvalue weighted by molar-refractivity contribution is -0.130. The molecule has 21 heavy (non-hydrogen) atoms. The van der Waals surface area contributed by atoms with Crippen molar-refractivity contribution in [1.29, 1.82) is 0 Å². The van der Waals surface area contributed by atoms with Gasteiger partial charge >= 0.3 is 0 Å². The van der Waals surface area contributed by atoms with Gasteiger partial charge in [0.15, 0.2) is 5.13 Å². The van der Waals surface area contributed by atoms with Crippen molar-refractivity contribution in [1.82, 2.24) is 20.1 Å². The van der Waals surface area contributed by atoms with Gasteiger partial charge < -0.3 is 15.4 Å². The van der Waals surface area contributed by atoms with Gasteiger partial charge in [-0.1, -0.05) is 0 Å². The molecule has 2 rings (SSSR count). The van der Waals surface area contributed by atoms with E-state index >= 15 is 0 Å². The number of aromatic nitrogens is 3. The second kappa shape index (κ2) is 7.19. The predicted molar refractivity (Wildman–Crippen MR) is 80.6 cm³/mol. The van der Waals surface area contributed by atoms with Crippen LogP contribution in [0.15, 0.2) is 11.4 Å². The van der Waals surface area contributed by atoms with Crippen molar-refractivity contribution >= 4 is 22.4 Å². The zero-order valence-corrected chi connectivity index (χ0v) is 12.9. The quantitative estimate of drug-likeness (QED) is 0.800. The van der Waals surface area contributed by atoms with Crippen molar-refractivity contribution < 1.29 is 9.53 Å². The molecule has 0 spiro atoms. The average Bonchev–Trinajstić information content (AvgIpc) is 3.06. The molecule has 0 fully saturated rings. The number of amides is 1. The summed E-state index contributed by atoms with van der Waals surface area (Å²) in [5.74, 6) is 0.0597. The molecule has 0 aromatic carbocycles. The largest absolute Gasteiger partial charge is 0.378 e. The smallest absolute Gasteiger partial charge is 0.223 e. The number of aromatic amines is 1. The van der Waals surface area contributed by atoms with Crippen LogP contribution >= 0.6 is 11.3 Å². The number of thiazole rings is 1. The minimum absolute atomic E-state index is 0.0597. The third kappa shape index (κ3) is 4.54. The number of H-pyrrole nitrogens is 1. The Kier molecular flexibility index (Phi) is 5.29. The highest BCUT2D eigenvalue weighted by molar-refractivity contribution is 7.13. The van der Waals surface area contributed by atoms with E-state index in [1.54, 1.807) is 19.1 Å². The van der Waals surface area contributed by atoms with E-state index in [1.165, 1.54) is 11.3 Å². The molecule has 3 N–H and O–H groups in total. The summed E-state index contributed by atoms with van der Waals surface area (Å²) in [4.78, 5) is 17.9. The maximum atomic E-state index is 12.1. The summed E-state index contributed by atoms with van der Waals surface area (Å²) >= 11 is 1.39. The second-order valence-corrected chi connectivity index (χ2v) is 5.63. The Morgan fingerprint density at radius 1 is 1.52 bits per heavy atom. The molecule has 2 heterocycles. The molecule has 7 nitrogen and oxygen atoms in total. The summed E-state index contributed by atoms with van der Waals surface area (Å²) in [5, 5.41) is 9.43. The fourth-order valence-corrected chi connectivity index (χ4v) is 2.52. The Bertz CT molecular complexity index is 595. The van der Waals surface area contributed by atoms with E-state index in [4.69, 9.17) is 10.5 Å². The topological polar surface area (TPSA) is 97.1 Å². The van der Waals surface area contributed by atoms with Crippen LogP contribution in [-0.2, 0) is 29.1 Å². The normalized spacial score (nSPS) is 10.8. The van der Waals surface area contributed by atoms with Crippen LogP contribution in [0.3, 0.4) is 0 Å². The number of methoxy groups -OCH3 is 1. The number of carbonyl (C=O) groups excluding carboxylic acids is 1. The Labute approximate surface area is 127 Å². The highest BCUT2D eigenvalue weighted by Gasteiger charge is 2.12. The van der Waals surface area contributed by atoms with E-state index in [1.807, 2.05) is 11.4 Å². The maximum absolute atomic E-state index is 12.1. The van der Waals surface area contributed by atoms with Crippen LogP contribution in [0.2, 0.25) is 0 Å². The number of nitrogens with zero attached hydrogens (tertiary/aromatic N) is 3. The van der Waals surface area contributed by atoms with Gasteiger partial charge in [0, 0.05) is 26.0 Å². The number of carbonyl (C=O) groups is 1.